The van der Waals surface area contributed by atoms with Crippen molar-refractivity contribution in [1.29, 1.82) is 5.26 Å². The number of benzene rings is 3. The fraction of sp³-hybridized carbons (Fsp3) is 0.450. The van der Waals surface area contributed by atoms with Crippen molar-refractivity contribution in [2.75, 3.05) is 57.4 Å². The maximum atomic E-state index is 15.5. The van der Waals surface area contributed by atoms with Crippen LogP contribution < -0.4 is 20.3 Å². The molecular weight excluding hydrogens is 663 g/mol. The average Bonchev–Trinajstić information content (AvgIpc) is 3.48. The van der Waals surface area contributed by atoms with Crippen LogP contribution >= 0.6 is 0 Å². The van der Waals surface area contributed by atoms with E-state index in [1.165, 1.54) is 4.90 Å². The van der Waals surface area contributed by atoms with Crippen molar-refractivity contribution in [2.45, 2.75) is 58.3 Å². The summed E-state index contributed by atoms with van der Waals surface area (Å²) < 4.78 is 27.5. The number of hydrogen-bond donors (Lipinski definition) is 2. The topological polar surface area (TPSA) is 127 Å². The lowest BCUT2D eigenvalue weighted by atomic mass is 9.85. The molecule has 0 aliphatic carbocycles. The van der Waals surface area contributed by atoms with Gasteiger partial charge >= 0.3 is 0 Å². The summed E-state index contributed by atoms with van der Waals surface area (Å²) in [6.07, 6.45) is 1.15. The van der Waals surface area contributed by atoms with E-state index in [0.29, 0.717) is 41.0 Å². The zero-order chi connectivity index (χ0) is 36.4. The molecule has 4 heterocycles. The summed E-state index contributed by atoms with van der Waals surface area (Å²) in [5.41, 5.74) is 5.39. The van der Waals surface area contributed by atoms with Crippen LogP contribution in [0, 0.1) is 22.6 Å². The first-order valence-electron chi connectivity index (χ1n) is 18.1. The average molecular weight is 709 g/mol. The molecule has 3 amide bonds. The maximum absolute atomic E-state index is 15.5. The summed E-state index contributed by atoms with van der Waals surface area (Å²) in [6, 6.07) is 18.1. The van der Waals surface area contributed by atoms with Crippen LogP contribution in [-0.4, -0.2) is 86.0 Å². The Bertz CT molecular complexity index is 1900. The predicted molar refractivity (Wildman–Crippen MR) is 192 cm³/mol. The molecule has 2 atom stereocenters. The molecule has 3 aromatic rings. The highest BCUT2D eigenvalue weighted by molar-refractivity contribution is 6.05. The minimum atomic E-state index is -0.720. The van der Waals surface area contributed by atoms with E-state index >= 15 is 4.39 Å². The Hall–Kier alpha value is -4.83. The van der Waals surface area contributed by atoms with Crippen LogP contribution in [0.2, 0.25) is 0 Å². The first kappa shape index (κ1) is 35.6. The number of anilines is 1. The minimum Gasteiger partial charge on any atom is -0.488 e. The third kappa shape index (κ3) is 7.39. The number of carbonyl (C=O) groups is 3. The Morgan fingerprint density at radius 1 is 1.04 bits per heavy atom. The molecule has 3 saturated heterocycles. The molecule has 4 aliphatic heterocycles. The number of nitriles is 1. The molecule has 1 unspecified atom stereocenters. The van der Waals surface area contributed by atoms with Crippen molar-refractivity contribution in [3.8, 4) is 11.8 Å². The fourth-order valence-corrected chi connectivity index (χ4v) is 7.61. The van der Waals surface area contributed by atoms with Crippen molar-refractivity contribution in [2.24, 2.45) is 5.41 Å². The number of ether oxygens (including phenoxy) is 2. The molecule has 0 bridgehead atoms. The predicted octanol–water partition coefficient (Wildman–Crippen LogP) is 4.09. The molecule has 2 N–H and O–H groups in total. The normalized spacial score (nSPS) is 20.6. The second kappa shape index (κ2) is 15.0. The van der Waals surface area contributed by atoms with Crippen molar-refractivity contribution >= 4 is 23.4 Å². The molecule has 12 heteroatoms. The van der Waals surface area contributed by atoms with E-state index in [9.17, 15) is 19.6 Å². The van der Waals surface area contributed by atoms with Gasteiger partial charge in [0.15, 0.2) is 0 Å². The quantitative estimate of drug-likeness (QED) is 0.211. The molecule has 4 aliphatic rings. The highest BCUT2D eigenvalue weighted by Crippen LogP contribution is 2.34. The molecule has 11 nitrogen and oxygen atoms in total. The van der Waals surface area contributed by atoms with Crippen LogP contribution in [0.5, 0.6) is 5.75 Å². The third-order valence-corrected chi connectivity index (χ3v) is 11.0. The van der Waals surface area contributed by atoms with Gasteiger partial charge in [0.1, 0.15) is 24.2 Å². The summed E-state index contributed by atoms with van der Waals surface area (Å²) in [7, 11) is 0. The number of nitrogens with zero attached hydrogens (tertiary/aromatic N) is 4. The van der Waals surface area contributed by atoms with Crippen molar-refractivity contribution in [3.05, 3.63) is 93.8 Å². The zero-order valence-electron chi connectivity index (χ0n) is 29.8. The molecule has 0 radical (unpaired) electrons. The van der Waals surface area contributed by atoms with E-state index in [-0.39, 0.29) is 55.1 Å². The Labute approximate surface area is 303 Å². The lowest BCUT2D eigenvalue weighted by Crippen LogP contribution is -2.54. The largest absolute Gasteiger partial charge is 0.488 e. The van der Waals surface area contributed by atoms with Gasteiger partial charge in [0.2, 0.25) is 11.8 Å². The number of rotatable bonds is 12. The SMILES string of the molecule is CC(c1ccc(COc2cccc3c2CN([C@H]2CCC(=O)NC2=O)C3=O)c(F)c1)N1CCN(c2ccc(C#N)c(CCOCC3(C)CNC3)c2)CC1. The van der Waals surface area contributed by atoms with Gasteiger partial charge in [0.05, 0.1) is 31.4 Å². The minimum absolute atomic E-state index is 0.00897. The van der Waals surface area contributed by atoms with Gasteiger partial charge in [0.25, 0.3) is 5.91 Å². The highest BCUT2D eigenvalue weighted by atomic mass is 19.1. The molecule has 0 saturated carbocycles. The molecule has 0 spiro atoms. The van der Waals surface area contributed by atoms with Gasteiger partial charge in [-0.15, -0.1) is 0 Å². The number of amides is 3. The molecule has 3 fully saturated rings. The molecule has 3 aromatic carbocycles. The van der Waals surface area contributed by atoms with E-state index in [4.69, 9.17) is 9.47 Å². The number of piperidine rings is 1. The maximum Gasteiger partial charge on any atom is 0.255 e. The molecule has 272 valence electrons. The van der Waals surface area contributed by atoms with Crippen molar-refractivity contribution < 1.29 is 28.2 Å². The lowest BCUT2D eigenvalue weighted by Gasteiger charge is -2.39. The van der Waals surface area contributed by atoms with Gasteiger partial charge in [-0.25, -0.2) is 4.39 Å². The van der Waals surface area contributed by atoms with E-state index in [1.807, 2.05) is 18.2 Å². The number of hydrogen-bond acceptors (Lipinski definition) is 9. The number of carbonyl (C=O) groups excluding carboxylic acids is 3. The first-order valence-corrected chi connectivity index (χ1v) is 18.1. The van der Waals surface area contributed by atoms with Crippen LogP contribution in [0.1, 0.15) is 70.9 Å². The zero-order valence-corrected chi connectivity index (χ0v) is 29.8. The van der Waals surface area contributed by atoms with Crippen LogP contribution in [0.4, 0.5) is 10.1 Å². The number of nitrogens with one attached hydrogen (secondary N) is 2. The van der Waals surface area contributed by atoms with E-state index in [0.717, 1.165) is 62.7 Å². The number of piperazine rings is 1. The summed E-state index contributed by atoms with van der Waals surface area (Å²) in [5.74, 6) is -0.979. The number of fused-ring (bicyclic) bond motifs is 1. The Balaban J connectivity index is 0.927. The van der Waals surface area contributed by atoms with Crippen LogP contribution in [-0.2, 0) is 33.9 Å². The van der Waals surface area contributed by atoms with Crippen LogP contribution in [0.25, 0.3) is 0 Å². The van der Waals surface area contributed by atoms with Gasteiger partial charge in [-0.1, -0.05) is 25.1 Å². The monoisotopic (exact) mass is 708 g/mol. The van der Waals surface area contributed by atoms with E-state index in [1.54, 1.807) is 30.3 Å². The Morgan fingerprint density at radius 3 is 2.56 bits per heavy atom. The summed E-state index contributed by atoms with van der Waals surface area (Å²) >= 11 is 0. The van der Waals surface area contributed by atoms with Crippen molar-refractivity contribution in [3.63, 3.8) is 0 Å². The van der Waals surface area contributed by atoms with Gasteiger partial charge in [0, 0.05) is 79.5 Å². The lowest BCUT2D eigenvalue weighted by molar-refractivity contribution is -0.136. The second-order valence-electron chi connectivity index (χ2n) is 14.7. The number of halogens is 1. The van der Waals surface area contributed by atoms with Gasteiger partial charge in [-0.3, -0.25) is 24.6 Å². The van der Waals surface area contributed by atoms with Gasteiger partial charge in [-0.2, -0.15) is 5.26 Å². The standard InChI is InChI=1S/C40H45FN6O5/c1-26(45-13-15-46(16-14-45)31-9-8-29(20-42)28(18-31)12-17-51-25-40(2)23-43-24-40)27-6-7-30(34(41)19-27)22-52-36-5-3-4-32-33(36)21-47(39(32)50)35-10-11-37(48)44-38(35)49/h3-9,18-19,26,35,43H,10-17,21-25H2,1-2H3,(H,44,48,49)/t26?,35-/m0/s1. The fourth-order valence-electron chi connectivity index (χ4n) is 7.61. The third-order valence-electron chi connectivity index (χ3n) is 11.0. The Morgan fingerprint density at radius 2 is 1.85 bits per heavy atom. The van der Waals surface area contributed by atoms with E-state index in [2.05, 4.69) is 46.4 Å². The van der Waals surface area contributed by atoms with Crippen LogP contribution in [0.15, 0.2) is 54.6 Å². The molecule has 7 rings (SSSR count). The number of imide groups is 1. The van der Waals surface area contributed by atoms with Gasteiger partial charge < -0.3 is 24.6 Å². The Kier molecular flexibility index (Phi) is 10.3. The molecule has 52 heavy (non-hydrogen) atoms. The summed E-state index contributed by atoms with van der Waals surface area (Å²) in [6.45, 7) is 11.0. The summed E-state index contributed by atoms with van der Waals surface area (Å²) in [4.78, 5) is 43.4. The van der Waals surface area contributed by atoms with Crippen LogP contribution in [0.3, 0.4) is 0 Å². The summed E-state index contributed by atoms with van der Waals surface area (Å²) in [5, 5.41) is 15.3. The highest BCUT2D eigenvalue weighted by Gasteiger charge is 2.40. The van der Waals surface area contributed by atoms with Crippen molar-refractivity contribution in [1.82, 2.24) is 20.4 Å². The second-order valence-corrected chi connectivity index (χ2v) is 14.7. The molecule has 0 aromatic heterocycles. The van der Waals surface area contributed by atoms with E-state index < -0.39 is 11.9 Å². The van der Waals surface area contributed by atoms with Gasteiger partial charge in [-0.05, 0) is 67.3 Å². The first-order chi connectivity index (χ1) is 25.1. The smallest absolute Gasteiger partial charge is 0.255 e. The molecular formula is C40H45FN6O5.